The molecule has 1 amide bonds. The molecule has 3 nitrogen and oxygen atoms in total. The average molecular weight is 337 g/mol. The van der Waals surface area contributed by atoms with Crippen molar-refractivity contribution < 1.29 is 4.79 Å². The third-order valence-electron chi connectivity index (χ3n) is 4.62. The summed E-state index contributed by atoms with van der Waals surface area (Å²) in [7, 11) is 0. The van der Waals surface area contributed by atoms with E-state index in [4.69, 9.17) is 0 Å². The Morgan fingerprint density at radius 1 is 1.35 bits per heavy atom. The number of benzene rings is 1. The van der Waals surface area contributed by atoms with Crippen molar-refractivity contribution >= 4 is 21.8 Å². The Kier molecular flexibility index (Phi) is 4.13. The van der Waals surface area contributed by atoms with Gasteiger partial charge in [0.05, 0.1) is 0 Å². The molecular formula is C16H21BrN2O. The number of halogens is 1. The van der Waals surface area contributed by atoms with Gasteiger partial charge in [-0.05, 0) is 56.8 Å². The number of hydrogen-bond donors (Lipinski definition) is 1. The van der Waals surface area contributed by atoms with Crippen LogP contribution in [-0.4, -0.2) is 36.0 Å². The first-order chi connectivity index (χ1) is 9.68. The topological polar surface area (TPSA) is 32.3 Å². The fraction of sp³-hybridized carbons (Fsp3) is 0.562. The van der Waals surface area contributed by atoms with E-state index in [-0.39, 0.29) is 5.91 Å². The maximum Gasteiger partial charge on any atom is 0.254 e. The van der Waals surface area contributed by atoms with Crippen molar-refractivity contribution in [1.82, 2.24) is 10.2 Å². The molecule has 0 saturated carbocycles. The molecule has 1 aromatic rings. The van der Waals surface area contributed by atoms with Gasteiger partial charge in [0.25, 0.3) is 5.91 Å². The molecule has 0 aromatic heterocycles. The van der Waals surface area contributed by atoms with Crippen molar-refractivity contribution in [3.05, 3.63) is 33.8 Å². The van der Waals surface area contributed by atoms with E-state index in [1.54, 1.807) is 0 Å². The van der Waals surface area contributed by atoms with Crippen LogP contribution in [0.1, 0.15) is 41.6 Å². The number of amides is 1. The lowest BCUT2D eigenvalue weighted by atomic mass is 10.0. The van der Waals surface area contributed by atoms with E-state index in [2.05, 4.69) is 26.1 Å². The maximum atomic E-state index is 12.9. The van der Waals surface area contributed by atoms with Crippen LogP contribution in [-0.2, 0) is 0 Å². The van der Waals surface area contributed by atoms with Gasteiger partial charge in [0.2, 0.25) is 0 Å². The molecule has 2 saturated heterocycles. The molecule has 0 aliphatic carbocycles. The number of nitrogens with zero attached hydrogens (tertiary/aromatic N) is 1. The molecule has 20 heavy (non-hydrogen) atoms. The second-order valence-electron chi connectivity index (χ2n) is 5.82. The summed E-state index contributed by atoms with van der Waals surface area (Å²) in [5, 5.41) is 3.56. The van der Waals surface area contributed by atoms with E-state index >= 15 is 0 Å². The second kappa shape index (κ2) is 5.86. The van der Waals surface area contributed by atoms with Gasteiger partial charge in [0, 0.05) is 28.7 Å². The lowest BCUT2D eigenvalue weighted by molar-refractivity contribution is 0.0710. The molecule has 1 N–H and O–H groups in total. The molecule has 2 unspecified atom stereocenters. The predicted octanol–water partition coefficient (Wildman–Crippen LogP) is 3.11. The number of likely N-dealkylation sites (tertiary alicyclic amines) is 1. The van der Waals surface area contributed by atoms with Crippen LogP contribution in [0.25, 0.3) is 0 Å². The van der Waals surface area contributed by atoms with Crippen LogP contribution < -0.4 is 5.32 Å². The predicted molar refractivity (Wildman–Crippen MR) is 84.0 cm³/mol. The third-order valence-corrected chi connectivity index (χ3v) is 5.48. The zero-order valence-electron chi connectivity index (χ0n) is 11.9. The summed E-state index contributed by atoms with van der Waals surface area (Å²) < 4.78 is 1.01. The molecule has 3 rings (SSSR count). The molecule has 2 aliphatic rings. The number of nitrogens with one attached hydrogen (secondary N) is 1. The van der Waals surface area contributed by atoms with Crippen LogP contribution >= 0.6 is 15.9 Å². The van der Waals surface area contributed by atoms with Gasteiger partial charge in [-0.2, -0.15) is 0 Å². The Morgan fingerprint density at radius 3 is 2.95 bits per heavy atom. The lowest BCUT2D eigenvalue weighted by Gasteiger charge is -2.30. The Labute approximate surface area is 128 Å². The molecule has 2 atom stereocenters. The number of rotatable bonds is 2. The molecule has 0 radical (unpaired) electrons. The highest BCUT2D eigenvalue weighted by Gasteiger charge is 2.36. The molecule has 1 aromatic carbocycles. The molecule has 0 spiro atoms. The minimum atomic E-state index is 0.194. The maximum absolute atomic E-state index is 12.9. The molecule has 2 aliphatic heterocycles. The standard InChI is InChI=1S/C16H21BrN2O/c1-11-12(5-2-6-13(11)17)16(20)19-10-4-8-15(19)14-7-3-9-18-14/h2,5-6,14-15,18H,3-4,7-10H2,1H3. The summed E-state index contributed by atoms with van der Waals surface area (Å²) >= 11 is 3.52. The van der Waals surface area contributed by atoms with Gasteiger partial charge in [0.15, 0.2) is 0 Å². The summed E-state index contributed by atoms with van der Waals surface area (Å²) in [4.78, 5) is 15.0. The fourth-order valence-electron chi connectivity index (χ4n) is 3.50. The van der Waals surface area contributed by atoms with Crippen LogP contribution in [0, 0.1) is 6.92 Å². The Bertz CT molecular complexity index is 511. The Balaban J connectivity index is 1.83. The lowest BCUT2D eigenvalue weighted by Crippen LogP contribution is -2.46. The zero-order chi connectivity index (χ0) is 14.1. The molecule has 0 bridgehead atoms. The summed E-state index contributed by atoms with van der Waals surface area (Å²) in [6, 6.07) is 6.76. The molecule has 108 valence electrons. The highest BCUT2D eigenvalue weighted by molar-refractivity contribution is 9.10. The first kappa shape index (κ1) is 14.1. The Morgan fingerprint density at radius 2 is 2.20 bits per heavy atom. The minimum absolute atomic E-state index is 0.194. The Hall–Kier alpha value is -0.870. The van der Waals surface area contributed by atoms with Gasteiger partial charge in [-0.1, -0.05) is 22.0 Å². The zero-order valence-corrected chi connectivity index (χ0v) is 13.4. The van der Waals surface area contributed by atoms with Crippen LogP contribution in [0.15, 0.2) is 22.7 Å². The average Bonchev–Trinajstić information content (AvgIpc) is 3.10. The van der Waals surface area contributed by atoms with E-state index in [1.807, 2.05) is 25.1 Å². The third kappa shape index (κ3) is 2.51. The van der Waals surface area contributed by atoms with Crippen molar-refractivity contribution in [3.63, 3.8) is 0 Å². The van der Waals surface area contributed by atoms with Gasteiger partial charge in [-0.15, -0.1) is 0 Å². The first-order valence-electron chi connectivity index (χ1n) is 7.48. The van der Waals surface area contributed by atoms with Crippen molar-refractivity contribution in [1.29, 1.82) is 0 Å². The largest absolute Gasteiger partial charge is 0.334 e. The van der Waals surface area contributed by atoms with Crippen molar-refractivity contribution in [2.75, 3.05) is 13.1 Å². The summed E-state index contributed by atoms with van der Waals surface area (Å²) in [5.74, 6) is 0.194. The number of carbonyl (C=O) groups is 1. The van der Waals surface area contributed by atoms with Crippen molar-refractivity contribution in [2.24, 2.45) is 0 Å². The highest BCUT2D eigenvalue weighted by atomic mass is 79.9. The fourth-order valence-corrected chi connectivity index (χ4v) is 3.86. The molecule has 4 heteroatoms. The molecule has 2 heterocycles. The van der Waals surface area contributed by atoms with Gasteiger partial charge >= 0.3 is 0 Å². The van der Waals surface area contributed by atoms with Crippen LogP contribution in [0.2, 0.25) is 0 Å². The smallest absolute Gasteiger partial charge is 0.254 e. The normalized spacial score (nSPS) is 26.2. The van der Waals surface area contributed by atoms with Crippen LogP contribution in [0.3, 0.4) is 0 Å². The van der Waals surface area contributed by atoms with E-state index in [0.717, 1.165) is 41.5 Å². The SMILES string of the molecule is Cc1c(Br)cccc1C(=O)N1CCCC1C1CCCN1. The number of carbonyl (C=O) groups excluding carboxylic acids is 1. The van der Waals surface area contributed by atoms with E-state index in [0.29, 0.717) is 12.1 Å². The van der Waals surface area contributed by atoms with Gasteiger partial charge in [-0.25, -0.2) is 0 Å². The quantitative estimate of drug-likeness (QED) is 0.899. The van der Waals surface area contributed by atoms with E-state index in [1.165, 1.54) is 12.8 Å². The van der Waals surface area contributed by atoms with Gasteiger partial charge in [0.1, 0.15) is 0 Å². The second-order valence-corrected chi connectivity index (χ2v) is 6.68. The molecular weight excluding hydrogens is 316 g/mol. The van der Waals surface area contributed by atoms with E-state index in [9.17, 15) is 4.79 Å². The minimum Gasteiger partial charge on any atom is -0.334 e. The van der Waals surface area contributed by atoms with Crippen LogP contribution in [0.5, 0.6) is 0 Å². The summed E-state index contributed by atoms with van der Waals surface area (Å²) in [6.07, 6.45) is 4.70. The van der Waals surface area contributed by atoms with E-state index < -0.39 is 0 Å². The molecule has 2 fully saturated rings. The van der Waals surface area contributed by atoms with Crippen molar-refractivity contribution in [3.8, 4) is 0 Å². The van der Waals surface area contributed by atoms with Gasteiger partial charge in [-0.3, -0.25) is 4.79 Å². The monoisotopic (exact) mass is 336 g/mol. The summed E-state index contributed by atoms with van der Waals surface area (Å²) in [5.41, 5.74) is 1.88. The summed E-state index contributed by atoms with van der Waals surface area (Å²) in [6.45, 7) is 4.00. The van der Waals surface area contributed by atoms with Crippen molar-refractivity contribution in [2.45, 2.75) is 44.7 Å². The first-order valence-corrected chi connectivity index (χ1v) is 8.27. The highest BCUT2D eigenvalue weighted by Crippen LogP contribution is 2.28. The van der Waals surface area contributed by atoms with Crippen LogP contribution in [0.4, 0.5) is 0 Å². The van der Waals surface area contributed by atoms with Gasteiger partial charge < -0.3 is 10.2 Å². The number of hydrogen-bond acceptors (Lipinski definition) is 2.